The van der Waals surface area contributed by atoms with Gasteiger partial charge in [0.25, 0.3) is 0 Å². The molecule has 0 spiro atoms. The number of carbonyl (C=O) groups is 1. The Kier molecular flexibility index (Phi) is 7.23. The Bertz CT molecular complexity index is 1550. The Morgan fingerprint density at radius 1 is 0.914 bits per heavy atom. The molecule has 1 atom stereocenters. The van der Waals surface area contributed by atoms with E-state index in [0.29, 0.717) is 17.5 Å². The van der Waals surface area contributed by atoms with Gasteiger partial charge in [0.1, 0.15) is 22.0 Å². The number of primary sulfonamides is 1. The van der Waals surface area contributed by atoms with E-state index in [1.54, 1.807) is 54.6 Å². The first-order chi connectivity index (χ1) is 16.6. The van der Waals surface area contributed by atoms with E-state index < -0.39 is 32.0 Å². The normalized spacial score (nSPS) is 12.9. The zero-order chi connectivity index (χ0) is 25.1. The van der Waals surface area contributed by atoms with Crippen molar-refractivity contribution < 1.29 is 21.6 Å². The fraction of sp³-hybridized carbons (Fsp3) is 0.136. The summed E-state index contributed by atoms with van der Waals surface area (Å²) in [6, 6.07) is 17.9. The maximum absolute atomic E-state index is 13.2. The van der Waals surface area contributed by atoms with E-state index in [9.17, 15) is 21.6 Å². The van der Waals surface area contributed by atoms with Crippen molar-refractivity contribution in [1.29, 1.82) is 0 Å². The lowest BCUT2D eigenvalue weighted by molar-refractivity contribution is -0.122. The molecule has 182 valence electrons. The van der Waals surface area contributed by atoms with Crippen molar-refractivity contribution in [3.63, 3.8) is 0 Å². The highest BCUT2D eigenvalue weighted by Crippen LogP contribution is 2.23. The van der Waals surface area contributed by atoms with Crippen LogP contribution in [0.3, 0.4) is 0 Å². The van der Waals surface area contributed by atoms with Crippen LogP contribution in [0.5, 0.6) is 0 Å². The van der Waals surface area contributed by atoms with E-state index in [2.05, 4.69) is 18.8 Å². The lowest BCUT2D eigenvalue weighted by Gasteiger charge is -2.19. The monoisotopic (exact) mass is 531 g/mol. The first-order valence-corrected chi connectivity index (χ1v) is 14.1. The minimum Gasteiger partial charge on any atom is -0.354 e. The SMILES string of the molecule is NS(=O)(=O)c1ccc(CCNC(=O)[C@H](NS(=O)(=O)c2cccc3nsnc23)c2ccccc2)cc1. The first-order valence-electron chi connectivity index (χ1n) is 10.3. The number of nitrogens with zero attached hydrogens (tertiary/aromatic N) is 2. The molecule has 0 fully saturated rings. The molecule has 0 radical (unpaired) electrons. The van der Waals surface area contributed by atoms with E-state index >= 15 is 0 Å². The molecule has 0 aliphatic heterocycles. The largest absolute Gasteiger partial charge is 0.354 e. The van der Waals surface area contributed by atoms with Crippen LogP contribution < -0.4 is 15.2 Å². The molecule has 4 rings (SSSR count). The van der Waals surface area contributed by atoms with Crippen molar-refractivity contribution in [1.82, 2.24) is 18.8 Å². The number of hydrogen-bond donors (Lipinski definition) is 3. The van der Waals surface area contributed by atoms with Crippen LogP contribution in [0.15, 0.2) is 82.6 Å². The minimum absolute atomic E-state index is 0.00540. The number of nitrogens with two attached hydrogens (primary N) is 1. The number of amides is 1. The molecular formula is C22H21N5O5S3. The van der Waals surface area contributed by atoms with Gasteiger partial charge >= 0.3 is 0 Å². The Morgan fingerprint density at radius 2 is 1.63 bits per heavy atom. The molecule has 3 aromatic carbocycles. The second-order valence-electron chi connectivity index (χ2n) is 7.58. The summed E-state index contributed by atoms with van der Waals surface area (Å²) in [4.78, 5) is 13.0. The number of carbonyl (C=O) groups excluding carboxylic acids is 1. The standard InChI is InChI=1S/C22H21N5O5S3/c23-34(29,30)17-11-9-15(10-12-17)13-14-24-22(28)20(16-5-2-1-3-6-16)27-35(31,32)19-8-4-7-18-21(19)26-33-25-18/h1-12,20,27H,13-14H2,(H,24,28)(H2,23,29,30)/t20-/m1/s1. The average molecular weight is 532 g/mol. The summed E-state index contributed by atoms with van der Waals surface area (Å²) in [6.07, 6.45) is 0.398. The number of rotatable bonds is 9. The van der Waals surface area contributed by atoms with Crippen LogP contribution in [0.2, 0.25) is 0 Å². The Hall–Kier alpha value is -3.23. The fourth-order valence-corrected chi connectivity index (χ4v) is 5.88. The maximum Gasteiger partial charge on any atom is 0.243 e. The number of aromatic nitrogens is 2. The fourth-order valence-electron chi connectivity index (χ4n) is 3.41. The van der Waals surface area contributed by atoms with E-state index in [-0.39, 0.29) is 21.9 Å². The molecule has 0 bridgehead atoms. The van der Waals surface area contributed by atoms with Gasteiger partial charge in [0, 0.05) is 6.54 Å². The van der Waals surface area contributed by atoms with Crippen molar-refractivity contribution in [3.8, 4) is 0 Å². The van der Waals surface area contributed by atoms with Gasteiger partial charge in [0.15, 0.2) is 0 Å². The van der Waals surface area contributed by atoms with Crippen LogP contribution in [-0.4, -0.2) is 38.0 Å². The third-order valence-electron chi connectivity index (χ3n) is 5.17. The Morgan fingerprint density at radius 3 is 2.31 bits per heavy atom. The van der Waals surface area contributed by atoms with Crippen LogP contribution in [0, 0.1) is 0 Å². The summed E-state index contributed by atoms with van der Waals surface area (Å²) in [5.74, 6) is -0.537. The second kappa shape index (κ2) is 10.2. The summed E-state index contributed by atoms with van der Waals surface area (Å²) in [7, 11) is -7.91. The van der Waals surface area contributed by atoms with E-state index in [0.717, 1.165) is 17.3 Å². The molecule has 10 nitrogen and oxygen atoms in total. The molecule has 13 heteroatoms. The quantitative estimate of drug-likeness (QED) is 0.296. The third kappa shape index (κ3) is 5.89. The number of sulfonamides is 2. The Balaban J connectivity index is 1.51. The van der Waals surface area contributed by atoms with E-state index in [4.69, 9.17) is 5.14 Å². The molecule has 1 heterocycles. The smallest absolute Gasteiger partial charge is 0.243 e. The van der Waals surface area contributed by atoms with Crippen molar-refractivity contribution in [2.75, 3.05) is 6.54 Å². The average Bonchev–Trinajstić information content (AvgIpc) is 3.32. The summed E-state index contributed by atoms with van der Waals surface area (Å²) in [6.45, 7) is 0.199. The molecule has 0 aliphatic carbocycles. The number of hydrogen-bond acceptors (Lipinski definition) is 8. The van der Waals surface area contributed by atoms with Crippen LogP contribution in [0.4, 0.5) is 0 Å². The minimum atomic E-state index is -4.12. The molecule has 4 aromatic rings. The van der Waals surface area contributed by atoms with Gasteiger partial charge in [0.05, 0.1) is 16.6 Å². The predicted molar refractivity (Wildman–Crippen MR) is 131 cm³/mol. The van der Waals surface area contributed by atoms with Crippen LogP contribution >= 0.6 is 11.7 Å². The summed E-state index contributed by atoms with van der Waals surface area (Å²) in [5.41, 5.74) is 1.93. The van der Waals surface area contributed by atoms with Gasteiger partial charge in [-0.3, -0.25) is 4.79 Å². The molecule has 0 aliphatic rings. The lowest BCUT2D eigenvalue weighted by Crippen LogP contribution is -2.41. The summed E-state index contributed by atoms with van der Waals surface area (Å²) < 4.78 is 59.9. The first kappa shape index (κ1) is 24.9. The maximum atomic E-state index is 13.2. The van der Waals surface area contributed by atoms with Gasteiger partial charge < -0.3 is 5.32 Å². The van der Waals surface area contributed by atoms with Gasteiger partial charge in [-0.05, 0) is 41.8 Å². The molecule has 35 heavy (non-hydrogen) atoms. The topological polar surface area (TPSA) is 161 Å². The number of fused-ring (bicyclic) bond motifs is 1. The number of benzene rings is 3. The molecule has 1 amide bonds. The second-order valence-corrected chi connectivity index (χ2v) is 11.4. The lowest BCUT2D eigenvalue weighted by atomic mass is 10.1. The van der Waals surface area contributed by atoms with Crippen molar-refractivity contribution in [2.45, 2.75) is 22.3 Å². The highest BCUT2D eigenvalue weighted by Gasteiger charge is 2.29. The van der Waals surface area contributed by atoms with Gasteiger partial charge in [-0.25, -0.2) is 22.0 Å². The highest BCUT2D eigenvalue weighted by atomic mass is 32.2. The zero-order valence-corrected chi connectivity index (χ0v) is 20.6. The molecule has 0 saturated heterocycles. The molecule has 0 unspecified atom stereocenters. The number of nitrogens with one attached hydrogen (secondary N) is 2. The van der Waals surface area contributed by atoms with Crippen molar-refractivity contribution >= 4 is 48.7 Å². The third-order valence-corrected chi connectivity index (χ3v) is 8.10. The predicted octanol–water partition coefficient (Wildman–Crippen LogP) is 1.72. The van der Waals surface area contributed by atoms with Crippen molar-refractivity contribution in [3.05, 3.63) is 83.9 Å². The van der Waals surface area contributed by atoms with Gasteiger partial charge in [-0.15, -0.1) is 0 Å². The van der Waals surface area contributed by atoms with Gasteiger partial charge in [-0.1, -0.05) is 48.5 Å². The van der Waals surface area contributed by atoms with Gasteiger partial charge in [0.2, 0.25) is 26.0 Å². The van der Waals surface area contributed by atoms with Crippen LogP contribution in [0.1, 0.15) is 17.2 Å². The Labute approximate surface area is 206 Å². The van der Waals surface area contributed by atoms with Crippen molar-refractivity contribution in [2.24, 2.45) is 5.14 Å². The zero-order valence-electron chi connectivity index (χ0n) is 18.2. The van der Waals surface area contributed by atoms with Crippen LogP contribution in [0.25, 0.3) is 11.0 Å². The highest BCUT2D eigenvalue weighted by molar-refractivity contribution is 7.89. The van der Waals surface area contributed by atoms with Crippen LogP contribution in [-0.2, 0) is 31.3 Å². The molecule has 4 N–H and O–H groups in total. The van der Waals surface area contributed by atoms with Gasteiger partial charge in [-0.2, -0.15) is 13.5 Å². The van der Waals surface area contributed by atoms with E-state index in [1.807, 2.05) is 0 Å². The molecular weight excluding hydrogens is 510 g/mol. The molecule has 0 saturated carbocycles. The van der Waals surface area contributed by atoms with E-state index in [1.165, 1.54) is 18.2 Å². The summed E-state index contributed by atoms with van der Waals surface area (Å²) >= 11 is 0.904. The summed E-state index contributed by atoms with van der Waals surface area (Å²) in [5, 5.41) is 7.85. The molecule has 1 aromatic heterocycles.